The zero-order valence-electron chi connectivity index (χ0n) is 9.85. The van der Waals surface area contributed by atoms with E-state index in [1.54, 1.807) is 11.6 Å². The van der Waals surface area contributed by atoms with Crippen LogP contribution in [0.2, 0.25) is 0 Å². The number of nitrogens with one attached hydrogen (secondary N) is 2. The van der Waals surface area contributed by atoms with Crippen LogP contribution in [0.4, 0.5) is 11.6 Å². The molecule has 17 heavy (non-hydrogen) atoms. The third-order valence-electron chi connectivity index (χ3n) is 3.02. The molecule has 1 aliphatic heterocycles. The van der Waals surface area contributed by atoms with Gasteiger partial charge in [0, 0.05) is 19.6 Å². The highest BCUT2D eigenvalue weighted by atomic mass is 16.6. The highest BCUT2D eigenvalue weighted by molar-refractivity contribution is 5.52. The first-order valence-corrected chi connectivity index (χ1v) is 5.81. The molecule has 0 aliphatic carbocycles. The molecule has 1 unspecified atom stereocenters. The van der Waals surface area contributed by atoms with Crippen LogP contribution in [0.5, 0.6) is 0 Å². The second-order valence-electron chi connectivity index (χ2n) is 4.31. The Kier molecular flexibility index (Phi) is 3.58. The first kappa shape index (κ1) is 11.8. The zero-order chi connectivity index (χ0) is 12.3. The van der Waals surface area contributed by atoms with Gasteiger partial charge in [-0.1, -0.05) is 6.42 Å². The molecule has 1 aliphatic rings. The molecular weight excluding hydrogens is 222 g/mol. The molecule has 1 fully saturated rings. The number of aromatic nitrogens is 2. The lowest BCUT2D eigenvalue weighted by atomic mass is 10.1. The van der Waals surface area contributed by atoms with Crippen LogP contribution < -0.4 is 10.6 Å². The normalized spacial score (nSPS) is 20.2. The minimum absolute atomic E-state index is 0.108. The van der Waals surface area contributed by atoms with E-state index in [0.717, 1.165) is 13.0 Å². The van der Waals surface area contributed by atoms with Gasteiger partial charge in [0.05, 0.1) is 0 Å². The molecule has 1 aromatic rings. The smallest absolute Gasteiger partial charge is 0.363 e. The molecular formula is C10H17N5O2. The van der Waals surface area contributed by atoms with Gasteiger partial charge < -0.3 is 20.7 Å². The number of hydrogen-bond donors (Lipinski definition) is 2. The van der Waals surface area contributed by atoms with Crippen LogP contribution in [0, 0.1) is 10.1 Å². The number of aryl methyl sites for hydroxylation is 1. The molecule has 0 amide bonds. The highest BCUT2D eigenvalue weighted by Gasteiger charge is 2.21. The van der Waals surface area contributed by atoms with E-state index in [1.165, 1.54) is 19.2 Å². The average Bonchev–Trinajstić information content (AvgIpc) is 2.69. The number of rotatable bonds is 4. The van der Waals surface area contributed by atoms with Gasteiger partial charge in [-0.25, -0.2) is 0 Å². The molecule has 0 aromatic carbocycles. The molecule has 2 heterocycles. The van der Waals surface area contributed by atoms with Crippen molar-refractivity contribution >= 4 is 11.6 Å². The summed E-state index contributed by atoms with van der Waals surface area (Å²) in [6.45, 7) is 1.72. The zero-order valence-corrected chi connectivity index (χ0v) is 9.85. The summed E-state index contributed by atoms with van der Waals surface area (Å²) in [5.74, 6) is 0.366. The van der Waals surface area contributed by atoms with Crippen LogP contribution in [-0.2, 0) is 7.05 Å². The number of piperidine rings is 1. The largest absolute Gasteiger partial charge is 0.406 e. The second kappa shape index (κ2) is 5.13. The number of imidazole rings is 1. The molecule has 2 rings (SSSR count). The van der Waals surface area contributed by atoms with E-state index in [-0.39, 0.29) is 5.82 Å². The predicted octanol–water partition coefficient (Wildman–Crippen LogP) is 0.882. The number of anilines is 1. The van der Waals surface area contributed by atoms with Crippen LogP contribution in [-0.4, -0.2) is 33.6 Å². The van der Waals surface area contributed by atoms with Crippen molar-refractivity contribution in [3.63, 3.8) is 0 Å². The molecule has 1 saturated heterocycles. The van der Waals surface area contributed by atoms with Gasteiger partial charge >= 0.3 is 5.82 Å². The maximum atomic E-state index is 10.8. The van der Waals surface area contributed by atoms with Gasteiger partial charge in [-0.2, -0.15) is 0 Å². The Labute approximate surface area is 99.4 Å². The quantitative estimate of drug-likeness (QED) is 0.602. The molecule has 7 heteroatoms. The van der Waals surface area contributed by atoms with Crippen LogP contribution in [0.3, 0.4) is 0 Å². The Balaban J connectivity index is 1.97. The van der Waals surface area contributed by atoms with Crippen LogP contribution in [0.1, 0.15) is 19.3 Å². The van der Waals surface area contributed by atoms with Gasteiger partial charge in [0.15, 0.2) is 0 Å². The van der Waals surface area contributed by atoms with E-state index in [9.17, 15) is 10.1 Å². The first-order chi connectivity index (χ1) is 8.18. The van der Waals surface area contributed by atoms with Gasteiger partial charge in [-0.15, -0.1) is 0 Å². The van der Waals surface area contributed by atoms with Crippen molar-refractivity contribution in [1.82, 2.24) is 14.9 Å². The molecule has 1 aromatic heterocycles. The van der Waals surface area contributed by atoms with E-state index in [1.807, 2.05) is 0 Å². The predicted molar refractivity (Wildman–Crippen MR) is 64.0 cm³/mol. The van der Waals surface area contributed by atoms with Crippen molar-refractivity contribution in [2.24, 2.45) is 7.05 Å². The fourth-order valence-electron chi connectivity index (χ4n) is 2.07. The molecule has 1 atom stereocenters. The first-order valence-electron chi connectivity index (χ1n) is 5.81. The molecule has 94 valence electrons. The van der Waals surface area contributed by atoms with E-state index < -0.39 is 4.92 Å². The summed E-state index contributed by atoms with van der Waals surface area (Å²) in [6.07, 6.45) is 4.99. The maximum absolute atomic E-state index is 10.8. The van der Waals surface area contributed by atoms with Gasteiger partial charge in [-0.3, -0.25) is 4.57 Å². The summed E-state index contributed by atoms with van der Waals surface area (Å²) in [5, 5.41) is 17.3. The van der Waals surface area contributed by atoms with E-state index in [2.05, 4.69) is 15.6 Å². The van der Waals surface area contributed by atoms with Gasteiger partial charge in [0.1, 0.15) is 0 Å². The summed E-state index contributed by atoms with van der Waals surface area (Å²) in [5.41, 5.74) is 0. The van der Waals surface area contributed by atoms with Crippen molar-refractivity contribution in [3.8, 4) is 0 Å². The average molecular weight is 239 g/mol. The van der Waals surface area contributed by atoms with Crippen molar-refractivity contribution in [1.29, 1.82) is 0 Å². The Morgan fingerprint density at radius 3 is 3.18 bits per heavy atom. The minimum atomic E-state index is -0.462. The fourth-order valence-corrected chi connectivity index (χ4v) is 2.07. The van der Waals surface area contributed by atoms with Gasteiger partial charge in [0.25, 0.3) is 0 Å². The van der Waals surface area contributed by atoms with Gasteiger partial charge in [-0.05, 0) is 29.3 Å². The lowest BCUT2D eigenvalue weighted by molar-refractivity contribution is -0.388. The van der Waals surface area contributed by atoms with Crippen molar-refractivity contribution in [2.45, 2.75) is 25.3 Å². The summed E-state index contributed by atoms with van der Waals surface area (Å²) in [4.78, 5) is 14.1. The molecule has 7 nitrogen and oxygen atoms in total. The number of hydrogen-bond acceptors (Lipinski definition) is 5. The SMILES string of the molecule is Cn1cnc([N+](=O)[O-])c1NCC1CCCCN1. The van der Waals surface area contributed by atoms with Crippen LogP contribution >= 0.6 is 0 Å². The molecule has 0 bridgehead atoms. The standard InChI is InChI=1S/C10H17N5O2/c1-14-7-13-10(15(16)17)9(14)12-6-8-4-2-3-5-11-8/h7-8,11-12H,2-6H2,1H3. The van der Waals surface area contributed by atoms with Crippen LogP contribution in [0.15, 0.2) is 6.33 Å². The topological polar surface area (TPSA) is 85.0 Å². The lowest BCUT2D eigenvalue weighted by Gasteiger charge is -2.23. The van der Waals surface area contributed by atoms with Crippen molar-refractivity contribution in [3.05, 3.63) is 16.4 Å². The number of nitro groups is 1. The Bertz CT molecular complexity index is 397. The van der Waals surface area contributed by atoms with Crippen LogP contribution in [0.25, 0.3) is 0 Å². The molecule has 2 N–H and O–H groups in total. The third-order valence-corrected chi connectivity index (χ3v) is 3.02. The Morgan fingerprint density at radius 2 is 2.53 bits per heavy atom. The third kappa shape index (κ3) is 2.73. The lowest BCUT2D eigenvalue weighted by Crippen LogP contribution is -2.39. The van der Waals surface area contributed by atoms with E-state index >= 15 is 0 Å². The second-order valence-corrected chi connectivity index (χ2v) is 4.31. The monoisotopic (exact) mass is 239 g/mol. The Morgan fingerprint density at radius 1 is 1.71 bits per heavy atom. The molecule has 0 radical (unpaired) electrons. The fraction of sp³-hybridized carbons (Fsp3) is 0.700. The van der Waals surface area contributed by atoms with Crippen molar-refractivity contribution < 1.29 is 4.92 Å². The minimum Gasteiger partial charge on any atom is -0.363 e. The molecule has 0 saturated carbocycles. The summed E-state index contributed by atoms with van der Waals surface area (Å²) in [6, 6.07) is 0.387. The summed E-state index contributed by atoms with van der Waals surface area (Å²) in [7, 11) is 1.75. The maximum Gasteiger partial charge on any atom is 0.406 e. The van der Waals surface area contributed by atoms with E-state index in [4.69, 9.17) is 0 Å². The number of nitrogens with zero attached hydrogens (tertiary/aromatic N) is 3. The summed E-state index contributed by atoms with van der Waals surface area (Å²) < 4.78 is 1.64. The highest BCUT2D eigenvalue weighted by Crippen LogP contribution is 2.21. The van der Waals surface area contributed by atoms with Crippen molar-refractivity contribution in [2.75, 3.05) is 18.4 Å². The Hall–Kier alpha value is -1.63. The molecule has 0 spiro atoms. The summed E-state index contributed by atoms with van der Waals surface area (Å²) >= 11 is 0. The van der Waals surface area contributed by atoms with Gasteiger partial charge in [0.2, 0.25) is 12.1 Å². The van der Waals surface area contributed by atoms with E-state index in [0.29, 0.717) is 18.4 Å².